The molecule has 0 aromatic carbocycles. The summed E-state index contributed by atoms with van der Waals surface area (Å²) in [6.07, 6.45) is 4.47. The van der Waals surface area contributed by atoms with Crippen molar-refractivity contribution in [3.8, 4) is 0 Å². The molecule has 0 saturated carbocycles. The fourth-order valence-corrected chi connectivity index (χ4v) is 2.03. The topological polar surface area (TPSA) is 3.24 Å². The van der Waals surface area contributed by atoms with Crippen LogP contribution in [0.1, 0.15) is 19.8 Å². The van der Waals surface area contributed by atoms with E-state index >= 15 is 0 Å². The first-order valence-corrected chi connectivity index (χ1v) is 5.15. The molecule has 0 aliphatic carbocycles. The maximum atomic E-state index is 6.04. The Labute approximate surface area is 80.4 Å². The first-order chi connectivity index (χ1) is 5.74. The minimum atomic E-state index is 0.343. The Morgan fingerprint density at radius 3 is 2.58 bits per heavy atom. The Morgan fingerprint density at radius 1 is 1.58 bits per heavy atom. The molecule has 0 N–H and O–H groups in total. The Morgan fingerprint density at radius 2 is 2.17 bits per heavy atom. The lowest BCUT2D eigenvalue weighted by atomic mass is 9.94. The summed E-state index contributed by atoms with van der Waals surface area (Å²) < 4.78 is 0. The van der Waals surface area contributed by atoms with Crippen molar-refractivity contribution < 1.29 is 0 Å². The molecule has 1 atom stereocenters. The summed E-state index contributed by atoms with van der Waals surface area (Å²) in [6.45, 7) is 9.26. The highest BCUT2D eigenvalue weighted by molar-refractivity contribution is 6.20. The van der Waals surface area contributed by atoms with E-state index in [0.29, 0.717) is 5.38 Å². The van der Waals surface area contributed by atoms with Gasteiger partial charge in [-0.15, -0.1) is 18.2 Å². The van der Waals surface area contributed by atoms with Gasteiger partial charge in [-0.05, 0) is 38.8 Å². The number of hydrogen-bond donors (Lipinski definition) is 0. The zero-order valence-electron chi connectivity index (χ0n) is 7.80. The van der Waals surface area contributed by atoms with E-state index < -0.39 is 0 Å². The van der Waals surface area contributed by atoms with Crippen LogP contribution in [0.5, 0.6) is 0 Å². The van der Waals surface area contributed by atoms with Gasteiger partial charge in [-0.1, -0.05) is 6.08 Å². The Hall–Kier alpha value is -0.0100. The lowest BCUT2D eigenvalue weighted by molar-refractivity contribution is 0.200. The molecule has 1 aliphatic heterocycles. The second-order valence-corrected chi connectivity index (χ2v) is 4.29. The molecule has 1 nitrogen and oxygen atoms in total. The van der Waals surface area contributed by atoms with Crippen molar-refractivity contribution in [2.75, 3.05) is 19.6 Å². The molecule has 2 heteroatoms. The van der Waals surface area contributed by atoms with Gasteiger partial charge in [0.25, 0.3) is 0 Å². The van der Waals surface area contributed by atoms with E-state index in [9.17, 15) is 0 Å². The number of alkyl halides is 1. The van der Waals surface area contributed by atoms with Crippen LogP contribution >= 0.6 is 11.6 Å². The van der Waals surface area contributed by atoms with Gasteiger partial charge in [0, 0.05) is 11.9 Å². The predicted molar refractivity (Wildman–Crippen MR) is 54.7 cm³/mol. The first kappa shape index (κ1) is 10.1. The van der Waals surface area contributed by atoms with Crippen LogP contribution in [0.15, 0.2) is 12.7 Å². The van der Waals surface area contributed by atoms with E-state index in [4.69, 9.17) is 11.6 Å². The molecule has 0 bridgehead atoms. The maximum Gasteiger partial charge on any atom is 0.0337 e. The largest absolute Gasteiger partial charge is 0.300 e. The first-order valence-electron chi connectivity index (χ1n) is 4.71. The summed E-state index contributed by atoms with van der Waals surface area (Å²) in [5, 5.41) is 0.343. The molecular weight excluding hydrogens is 170 g/mol. The summed E-state index contributed by atoms with van der Waals surface area (Å²) in [5.41, 5.74) is 0. The number of halogens is 1. The van der Waals surface area contributed by atoms with Crippen molar-refractivity contribution in [1.29, 1.82) is 0 Å². The minimum absolute atomic E-state index is 0.343. The SMILES string of the molecule is C=CCN1CCC(C(C)Cl)CC1. The Kier molecular flexibility index (Phi) is 4.10. The molecule has 70 valence electrons. The van der Waals surface area contributed by atoms with Crippen LogP contribution in [0.3, 0.4) is 0 Å². The van der Waals surface area contributed by atoms with Crippen molar-refractivity contribution in [2.24, 2.45) is 5.92 Å². The lowest BCUT2D eigenvalue weighted by Gasteiger charge is -2.32. The van der Waals surface area contributed by atoms with Crippen molar-refractivity contribution in [3.05, 3.63) is 12.7 Å². The maximum absolute atomic E-state index is 6.04. The second kappa shape index (κ2) is 4.88. The van der Waals surface area contributed by atoms with E-state index in [1.54, 1.807) is 0 Å². The molecule has 0 amide bonds. The third-order valence-corrected chi connectivity index (χ3v) is 3.03. The fraction of sp³-hybridized carbons (Fsp3) is 0.800. The van der Waals surface area contributed by atoms with E-state index in [1.165, 1.54) is 25.9 Å². The average molecular weight is 188 g/mol. The third kappa shape index (κ3) is 2.80. The van der Waals surface area contributed by atoms with Gasteiger partial charge in [0.15, 0.2) is 0 Å². The highest BCUT2D eigenvalue weighted by atomic mass is 35.5. The van der Waals surface area contributed by atoms with Crippen LogP contribution in [0, 0.1) is 5.92 Å². The summed E-state index contributed by atoms with van der Waals surface area (Å²) in [6, 6.07) is 0. The predicted octanol–water partition coefficient (Wildman–Crippen LogP) is 2.51. The quantitative estimate of drug-likeness (QED) is 0.485. The van der Waals surface area contributed by atoms with Crippen LogP contribution in [0.4, 0.5) is 0 Å². The Balaban J connectivity index is 2.24. The average Bonchev–Trinajstić information content (AvgIpc) is 2.06. The third-order valence-electron chi connectivity index (χ3n) is 2.67. The van der Waals surface area contributed by atoms with Crippen LogP contribution in [-0.2, 0) is 0 Å². The molecule has 12 heavy (non-hydrogen) atoms. The van der Waals surface area contributed by atoms with E-state index in [0.717, 1.165) is 12.5 Å². The van der Waals surface area contributed by atoms with Gasteiger partial charge in [0.1, 0.15) is 0 Å². The van der Waals surface area contributed by atoms with Gasteiger partial charge in [0.2, 0.25) is 0 Å². The zero-order valence-corrected chi connectivity index (χ0v) is 8.56. The fourth-order valence-electron chi connectivity index (χ4n) is 1.78. The van der Waals surface area contributed by atoms with Crippen LogP contribution in [0.2, 0.25) is 0 Å². The van der Waals surface area contributed by atoms with E-state index in [2.05, 4.69) is 18.4 Å². The minimum Gasteiger partial charge on any atom is -0.300 e. The van der Waals surface area contributed by atoms with Gasteiger partial charge < -0.3 is 0 Å². The molecule has 1 saturated heterocycles. The van der Waals surface area contributed by atoms with Gasteiger partial charge in [-0.25, -0.2) is 0 Å². The smallest absolute Gasteiger partial charge is 0.0337 e. The van der Waals surface area contributed by atoms with Crippen molar-refractivity contribution >= 4 is 11.6 Å². The summed E-state index contributed by atoms with van der Waals surface area (Å²) in [5.74, 6) is 0.729. The molecule has 0 aromatic rings. The number of hydrogen-bond acceptors (Lipinski definition) is 1. The second-order valence-electron chi connectivity index (χ2n) is 3.60. The van der Waals surface area contributed by atoms with Crippen LogP contribution < -0.4 is 0 Å². The molecule has 0 aromatic heterocycles. The molecule has 1 aliphatic rings. The molecular formula is C10H18ClN. The van der Waals surface area contributed by atoms with Crippen molar-refractivity contribution in [3.63, 3.8) is 0 Å². The number of piperidine rings is 1. The number of rotatable bonds is 3. The standard InChI is InChI=1S/C10H18ClN/c1-3-6-12-7-4-10(5-8-12)9(2)11/h3,9-10H,1,4-8H2,2H3. The zero-order chi connectivity index (χ0) is 8.97. The molecule has 1 fully saturated rings. The van der Waals surface area contributed by atoms with Crippen LogP contribution in [-0.4, -0.2) is 29.9 Å². The van der Waals surface area contributed by atoms with Gasteiger partial charge in [-0.2, -0.15) is 0 Å². The normalized spacial score (nSPS) is 23.8. The van der Waals surface area contributed by atoms with Gasteiger partial charge >= 0.3 is 0 Å². The van der Waals surface area contributed by atoms with Crippen molar-refractivity contribution in [1.82, 2.24) is 4.90 Å². The molecule has 0 spiro atoms. The molecule has 1 unspecified atom stereocenters. The molecule has 0 radical (unpaired) electrons. The highest BCUT2D eigenvalue weighted by Gasteiger charge is 2.21. The van der Waals surface area contributed by atoms with E-state index in [-0.39, 0.29) is 0 Å². The monoisotopic (exact) mass is 187 g/mol. The van der Waals surface area contributed by atoms with Gasteiger partial charge in [0.05, 0.1) is 0 Å². The number of nitrogens with zero attached hydrogens (tertiary/aromatic N) is 1. The Bertz CT molecular complexity index is 137. The molecule has 1 heterocycles. The van der Waals surface area contributed by atoms with Crippen molar-refractivity contribution in [2.45, 2.75) is 25.1 Å². The highest BCUT2D eigenvalue weighted by Crippen LogP contribution is 2.23. The number of likely N-dealkylation sites (tertiary alicyclic amines) is 1. The summed E-state index contributed by atoms with van der Waals surface area (Å²) in [7, 11) is 0. The van der Waals surface area contributed by atoms with E-state index in [1.807, 2.05) is 6.08 Å². The summed E-state index contributed by atoms with van der Waals surface area (Å²) >= 11 is 6.04. The molecule has 1 rings (SSSR count). The van der Waals surface area contributed by atoms with Gasteiger partial charge in [-0.3, -0.25) is 4.90 Å². The van der Waals surface area contributed by atoms with Crippen LogP contribution in [0.25, 0.3) is 0 Å². The lowest BCUT2D eigenvalue weighted by Crippen LogP contribution is -2.35. The summed E-state index contributed by atoms with van der Waals surface area (Å²) in [4.78, 5) is 2.43.